The second-order valence-corrected chi connectivity index (χ2v) is 5.39. The number of fused-ring (bicyclic) bond motifs is 1. The van der Waals surface area contributed by atoms with Gasteiger partial charge in [0.1, 0.15) is 0 Å². The van der Waals surface area contributed by atoms with Gasteiger partial charge in [-0.25, -0.2) is 0 Å². The number of amides is 1. The lowest BCUT2D eigenvalue weighted by Gasteiger charge is -2.19. The lowest BCUT2D eigenvalue weighted by atomic mass is 9.93. The average Bonchev–Trinajstić information content (AvgIpc) is 2.47. The fourth-order valence-electron chi connectivity index (χ4n) is 2.49. The van der Waals surface area contributed by atoms with E-state index in [0.29, 0.717) is 11.6 Å². The number of nitrogens with one attached hydrogen (secondary N) is 1. The molecule has 4 heteroatoms. The van der Waals surface area contributed by atoms with E-state index in [1.165, 1.54) is 0 Å². The van der Waals surface area contributed by atoms with Gasteiger partial charge in [0.2, 0.25) is 0 Å². The molecular weight excluding hydrogens is 272 g/mol. The van der Waals surface area contributed by atoms with Crippen molar-refractivity contribution in [3.63, 3.8) is 0 Å². The number of hydrogen-bond acceptors (Lipinski definition) is 2. The van der Waals surface area contributed by atoms with Crippen LogP contribution in [0.25, 0.3) is 0 Å². The van der Waals surface area contributed by atoms with E-state index >= 15 is 0 Å². The maximum absolute atomic E-state index is 11.9. The van der Waals surface area contributed by atoms with Crippen molar-refractivity contribution in [1.82, 2.24) is 5.32 Å². The van der Waals surface area contributed by atoms with Crippen LogP contribution in [0, 0.1) is 0 Å². The molecule has 0 radical (unpaired) electrons. The molecule has 0 saturated carbocycles. The molecule has 20 heavy (non-hydrogen) atoms. The molecule has 0 fully saturated rings. The normalized spacial score (nSPS) is 15.4. The van der Waals surface area contributed by atoms with Crippen LogP contribution in [0.4, 0.5) is 0 Å². The highest BCUT2D eigenvalue weighted by atomic mass is 35.5. The first kappa shape index (κ1) is 13.2. The van der Waals surface area contributed by atoms with E-state index in [9.17, 15) is 4.79 Å². The fraction of sp³-hybridized carbons (Fsp3) is 0.188. The summed E-state index contributed by atoms with van der Waals surface area (Å²) in [7, 11) is 0. The summed E-state index contributed by atoms with van der Waals surface area (Å²) in [4.78, 5) is 11.9. The minimum Gasteiger partial charge on any atom is -0.352 e. The molecule has 3 nitrogen and oxygen atoms in total. The molecule has 1 unspecified atom stereocenters. The Balaban J connectivity index is 1.96. The van der Waals surface area contributed by atoms with Crippen molar-refractivity contribution in [1.29, 1.82) is 0 Å². The number of nitrogens with two attached hydrogens (primary N) is 1. The van der Waals surface area contributed by atoms with E-state index < -0.39 is 0 Å². The zero-order valence-corrected chi connectivity index (χ0v) is 11.7. The first-order chi connectivity index (χ1) is 9.65. The van der Waals surface area contributed by atoms with E-state index in [0.717, 1.165) is 28.7 Å². The second kappa shape index (κ2) is 5.27. The molecule has 0 saturated heterocycles. The molecule has 1 amide bonds. The first-order valence-electron chi connectivity index (χ1n) is 6.57. The molecule has 2 aromatic carbocycles. The number of carbonyl (C=O) groups excluding carboxylic acids is 1. The van der Waals surface area contributed by atoms with Crippen LogP contribution in [-0.4, -0.2) is 12.5 Å². The summed E-state index contributed by atoms with van der Waals surface area (Å²) >= 11 is 5.88. The molecule has 0 aromatic heterocycles. The Morgan fingerprint density at radius 2 is 1.80 bits per heavy atom. The number of halogens is 1. The van der Waals surface area contributed by atoms with E-state index in [4.69, 9.17) is 17.3 Å². The lowest BCUT2D eigenvalue weighted by molar-refractivity contribution is 0.0946. The standard InChI is InChI=1S/C16H15ClN2O/c17-13-5-3-11(4-6-13)15(18)12-2-1-10-7-8-19-16(20)14(10)9-12/h1-6,9,15H,7-8,18H2,(H,19,20). The number of hydrogen-bond donors (Lipinski definition) is 2. The van der Waals surface area contributed by atoms with Gasteiger partial charge in [-0.1, -0.05) is 35.9 Å². The predicted molar refractivity (Wildman–Crippen MR) is 80.0 cm³/mol. The largest absolute Gasteiger partial charge is 0.352 e. The average molecular weight is 287 g/mol. The van der Waals surface area contributed by atoms with Gasteiger partial charge in [0.05, 0.1) is 6.04 Å². The number of carbonyl (C=O) groups is 1. The number of benzene rings is 2. The first-order valence-corrected chi connectivity index (χ1v) is 6.95. The van der Waals surface area contributed by atoms with Crippen molar-refractivity contribution in [2.24, 2.45) is 5.73 Å². The molecule has 3 rings (SSSR count). The van der Waals surface area contributed by atoms with Gasteiger partial charge in [-0.3, -0.25) is 4.79 Å². The van der Waals surface area contributed by atoms with Crippen LogP contribution in [0.3, 0.4) is 0 Å². The molecule has 0 spiro atoms. The second-order valence-electron chi connectivity index (χ2n) is 4.95. The quantitative estimate of drug-likeness (QED) is 0.892. The maximum Gasteiger partial charge on any atom is 0.251 e. The lowest BCUT2D eigenvalue weighted by Crippen LogP contribution is -2.32. The fourth-order valence-corrected chi connectivity index (χ4v) is 2.61. The van der Waals surface area contributed by atoms with Crippen LogP contribution in [0.2, 0.25) is 5.02 Å². The van der Waals surface area contributed by atoms with Crippen molar-refractivity contribution in [3.05, 3.63) is 69.7 Å². The third-order valence-corrected chi connectivity index (χ3v) is 3.90. The topological polar surface area (TPSA) is 55.1 Å². The van der Waals surface area contributed by atoms with Gasteiger partial charge in [0.25, 0.3) is 5.91 Å². The number of rotatable bonds is 2. The zero-order chi connectivity index (χ0) is 14.1. The van der Waals surface area contributed by atoms with E-state index in [1.54, 1.807) is 0 Å². The molecule has 1 aliphatic heterocycles. The van der Waals surface area contributed by atoms with Crippen molar-refractivity contribution >= 4 is 17.5 Å². The maximum atomic E-state index is 11.9. The Hall–Kier alpha value is -1.84. The summed E-state index contributed by atoms with van der Waals surface area (Å²) in [6, 6.07) is 13.1. The summed E-state index contributed by atoms with van der Waals surface area (Å²) < 4.78 is 0. The SMILES string of the molecule is NC(c1ccc(Cl)cc1)c1ccc2c(c1)C(=O)NCC2. The molecule has 1 atom stereocenters. The molecule has 3 N–H and O–H groups in total. The van der Waals surface area contributed by atoms with Gasteiger partial charge in [0, 0.05) is 17.1 Å². The molecule has 0 bridgehead atoms. The Bertz CT molecular complexity index is 652. The van der Waals surface area contributed by atoms with E-state index in [2.05, 4.69) is 5.32 Å². The van der Waals surface area contributed by atoms with Crippen molar-refractivity contribution < 1.29 is 4.79 Å². The van der Waals surface area contributed by atoms with Gasteiger partial charge in [-0.15, -0.1) is 0 Å². The Labute approximate surface area is 122 Å². The van der Waals surface area contributed by atoms with E-state index in [-0.39, 0.29) is 11.9 Å². The highest BCUT2D eigenvalue weighted by molar-refractivity contribution is 6.30. The summed E-state index contributed by atoms with van der Waals surface area (Å²) in [6.45, 7) is 0.703. The van der Waals surface area contributed by atoms with Gasteiger partial charge >= 0.3 is 0 Å². The third kappa shape index (κ3) is 2.42. The molecular formula is C16H15ClN2O. The van der Waals surface area contributed by atoms with Crippen LogP contribution in [0.5, 0.6) is 0 Å². The van der Waals surface area contributed by atoms with Gasteiger partial charge in [-0.2, -0.15) is 0 Å². The monoisotopic (exact) mass is 286 g/mol. The van der Waals surface area contributed by atoms with Gasteiger partial charge < -0.3 is 11.1 Å². The van der Waals surface area contributed by atoms with Crippen LogP contribution in [0.15, 0.2) is 42.5 Å². The molecule has 102 valence electrons. The highest BCUT2D eigenvalue weighted by Crippen LogP contribution is 2.24. The van der Waals surface area contributed by atoms with Crippen molar-refractivity contribution in [2.45, 2.75) is 12.5 Å². The van der Waals surface area contributed by atoms with Crippen LogP contribution < -0.4 is 11.1 Å². The van der Waals surface area contributed by atoms with Gasteiger partial charge in [0.15, 0.2) is 0 Å². The van der Waals surface area contributed by atoms with Crippen molar-refractivity contribution in [3.8, 4) is 0 Å². The minimum atomic E-state index is -0.257. The van der Waals surface area contributed by atoms with Gasteiger partial charge in [-0.05, 0) is 41.3 Å². The van der Waals surface area contributed by atoms with E-state index in [1.807, 2.05) is 42.5 Å². The summed E-state index contributed by atoms with van der Waals surface area (Å²) in [5, 5.41) is 3.54. The predicted octanol–water partition coefficient (Wildman–Crippen LogP) is 2.67. The third-order valence-electron chi connectivity index (χ3n) is 3.65. The Kier molecular flexibility index (Phi) is 3.47. The van der Waals surface area contributed by atoms with Crippen LogP contribution in [0.1, 0.15) is 33.1 Å². The smallest absolute Gasteiger partial charge is 0.251 e. The molecule has 2 aromatic rings. The van der Waals surface area contributed by atoms with Crippen molar-refractivity contribution in [2.75, 3.05) is 6.54 Å². The summed E-state index contributed by atoms with van der Waals surface area (Å²) in [5.41, 5.74) is 10.00. The summed E-state index contributed by atoms with van der Waals surface area (Å²) in [5.74, 6) is -0.0172. The zero-order valence-electron chi connectivity index (χ0n) is 10.9. The molecule has 0 aliphatic carbocycles. The Morgan fingerprint density at radius 3 is 2.55 bits per heavy atom. The summed E-state index contributed by atoms with van der Waals surface area (Å²) in [6.07, 6.45) is 0.873. The van der Waals surface area contributed by atoms with Crippen LogP contribution in [-0.2, 0) is 6.42 Å². The molecule has 1 heterocycles. The Morgan fingerprint density at radius 1 is 1.10 bits per heavy atom. The van der Waals surface area contributed by atoms with Crippen LogP contribution >= 0.6 is 11.6 Å². The minimum absolute atomic E-state index is 0.0172. The molecule has 1 aliphatic rings. The highest BCUT2D eigenvalue weighted by Gasteiger charge is 2.18.